The lowest BCUT2D eigenvalue weighted by Gasteiger charge is -2.20. The SMILES string of the molecule is CC(C)(C)NC(=O)c1ccc(NC(=O)C2CC(O)CN2)cc1.Cl. The van der Waals surface area contributed by atoms with Crippen molar-refractivity contribution in [3.8, 4) is 0 Å². The predicted molar refractivity (Wildman–Crippen MR) is 92.0 cm³/mol. The highest BCUT2D eigenvalue weighted by Gasteiger charge is 2.28. The van der Waals surface area contributed by atoms with Gasteiger partial charge >= 0.3 is 0 Å². The van der Waals surface area contributed by atoms with Gasteiger partial charge in [-0.25, -0.2) is 0 Å². The quantitative estimate of drug-likeness (QED) is 0.667. The Bertz CT molecular complexity index is 555. The van der Waals surface area contributed by atoms with E-state index in [0.29, 0.717) is 24.2 Å². The summed E-state index contributed by atoms with van der Waals surface area (Å²) in [5, 5.41) is 18.0. The molecule has 128 valence electrons. The van der Waals surface area contributed by atoms with E-state index in [1.54, 1.807) is 24.3 Å². The van der Waals surface area contributed by atoms with Crippen LogP contribution in [0.15, 0.2) is 24.3 Å². The monoisotopic (exact) mass is 341 g/mol. The average molecular weight is 342 g/mol. The van der Waals surface area contributed by atoms with E-state index in [4.69, 9.17) is 0 Å². The number of amides is 2. The standard InChI is InChI=1S/C16H23N3O3.ClH/c1-16(2,3)19-14(21)10-4-6-11(7-5-10)18-15(22)13-8-12(20)9-17-13;/h4-7,12-13,17,20H,8-9H2,1-3H3,(H,18,22)(H,19,21);1H. The lowest BCUT2D eigenvalue weighted by Crippen LogP contribution is -2.40. The summed E-state index contributed by atoms with van der Waals surface area (Å²) in [6, 6.07) is 6.36. The molecule has 1 heterocycles. The lowest BCUT2D eigenvalue weighted by atomic mass is 10.1. The number of hydrogen-bond donors (Lipinski definition) is 4. The van der Waals surface area contributed by atoms with Gasteiger partial charge in [0.05, 0.1) is 12.1 Å². The van der Waals surface area contributed by atoms with Gasteiger partial charge in [0.15, 0.2) is 0 Å². The molecule has 4 N–H and O–H groups in total. The van der Waals surface area contributed by atoms with Gasteiger partial charge in [-0.2, -0.15) is 0 Å². The maximum absolute atomic E-state index is 12.0. The molecule has 0 bridgehead atoms. The molecule has 23 heavy (non-hydrogen) atoms. The summed E-state index contributed by atoms with van der Waals surface area (Å²) in [6.45, 7) is 6.19. The fourth-order valence-corrected chi connectivity index (χ4v) is 2.26. The molecular formula is C16H24ClN3O3. The second kappa shape index (κ2) is 7.77. The molecule has 0 spiro atoms. The van der Waals surface area contributed by atoms with Crippen molar-refractivity contribution in [2.24, 2.45) is 0 Å². The van der Waals surface area contributed by atoms with Crippen molar-refractivity contribution < 1.29 is 14.7 Å². The molecule has 2 amide bonds. The maximum Gasteiger partial charge on any atom is 0.251 e. The van der Waals surface area contributed by atoms with Crippen LogP contribution in [0.5, 0.6) is 0 Å². The van der Waals surface area contributed by atoms with Gasteiger partial charge in [0.1, 0.15) is 0 Å². The van der Waals surface area contributed by atoms with Crippen LogP contribution in [0.25, 0.3) is 0 Å². The van der Waals surface area contributed by atoms with Crippen molar-refractivity contribution in [2.75, 3.05) is 11.9 Å². The van der Waals surface area contributed by atoms with Crippen LogP contribution in [0.3, 0.4) is 0 Å². The van der Waals surface area contributed by atoms with Crippen molar-refractivity contribution in [3.63, 3.8) is 0 Å². The molecule has 1 aromatic carbocycles. The molecule has 1 aliphatic heterocycles. The zero-order valence-corrected chi connectivity index (χ0v) is 14.4. The van der Waals surface area contributed by atoms with Crippen molar-refractivity contribution >= 4 is 29.9 Å². The maximum atomic E-state index is 12.0. The van der Waals surface area contributed by atoms with Crippen LogP contribution >= 0.6 is 12.4 Å². The summed E-state index contributed by atoms with van der Waals surface area (Å²) in [4.78, 5) is 24.0. The van der Waals surface area contributed by atoms with E-state index >= 15 is 0 Å². The summed E-state index contributed by atoms with van der Waals surface area (Å²) in [5.41, 5.74) is 0.877. The Morgan fingerprint density at radius 3 is 2.30 bits per heavy atom. The van der Waals surface area contributed by atoms with Crippen LogP contribution in [0, 0.1) is 0 Å². The molecular weight excluding hydrogens is 318 g/mol. The van der Waals surface area contributed by atoms with Crippen molar-refractivity contribution in [3.05, 3.63) is 29.8 Å². The molecule has 0 aliphatic carbocycles. The Kier molecular flexibility index (Phi) is 6.56. The van der Waals surface area contributed by atoms with Gasteiger partial charge in [-0.1, -0.05) is 0 Å². The van der Waals surface area contributed by atoms with Gasteiger partial charge in [0, 0.05) is 23.3 Å². The molecule has 0 radical (unpaired) electrons. The number of rotatable bonds is 3. The molecule has 1 fully saturated rings. The van der Waals surface area contributed by atoms with Crippen LogP contribution in [-0.2, 0) is 4.79 Å². The normalized spacial score (nSPS) is 20.5. The third-order valence-corrected chi connectivity index (χ3v) is 3.33. The Morgan fingerprint density at radius 2 is 1.83 bits per heavy atom. The van der Waals surface area contributed by atoms with E-state index in [2.05, 4.69) is 16.0 Å². The average Bonchev–Trinajstić information content (AvgIpc) is 2.84. The number of carbonyl (C=O) groups is 2. The van der Waals surface area contributed by atoms with Gasteiger partial charge in [-0.3, -0.25) is 9.59 Å². The van der Waals surface area contributed by atoms with E-state index in [1.807, 2.05) is 20.8 Å². The lowest BCUT2D eigenvalue weighted by molar-refractivity contribution is -0.117. The first-order valence-electron chi connectivity index (χ1n) is 7.39. The number of carbonyl (C=O) groups excluding carboxylic acids is 2. The van der Waals surface area contributed by atoms with E-state index in [1.165, 1.54) is 0 Å². The number of anilines is 1. The number of aliphatic hydroxyl groups is 1. The Balaban J connectivity index is 0.00000264. The predicted octanol–water partition coefficient (Wildman–Crippen LogP) is 1.30. The van der Waals surface area contributed by atoms with E-state index in [-0.39, 0.29) is 35.8 Å². The highest BCUT2D eigenvalue weighted by molar-refractivity contribution is 5.97. The molecule has 0 saturated carbocycles. The van der Waals surface area contributed by atoms with E-state index < -0.39 is 6.10 Å². The molecule has 2 atom stereocenters. The van der Waals surface area contributed by atoms with Gasteiger partial charge in [0.2, 0.25) is 5.91 Å². The first-order valence-corrected chi connectivity index (χ1v) is 7.39. The molecule has 7 heteroatoms. The highest BCUT2D eigenvalue weighted by atomic mass is 35.5. The minimum absolute atomic E-state index is 0. The second-order valence-corrected chi connectivity index (χ2v) is 6.62. The molecule has 1 saturated heterocycles. The van der Waals surface area contributed by atoms with Gasteiger partial charge in [-0.15, -0.1) is 12.4 Å². The molecule has 2 rings (SSSR count). The summed E-state index contributed by atoms with van der Waals surface area (Å²) < 4.78 is 0. The minimum Gasteiger partial charge on any atom is -0.392 e. The Labute approximate surface area is 142 Å². The van der Waals surface area contributed by atoms with Crippen LogP contribution in [0.4, 0.5) is 5.69 Å². The first-order chi connectivity index (χ1) is 10.2. The van der Waals surface area contributed by atoms with Gasteiger partial charge in [-0.05, 0) is 51.5 Å². The molecule has 2 unspecified atom stereocenters. The molecule has 0 aromatic heterocycles. The third-order valence-electron chi connectivity index (χ3n) is 3.33. The van der Waals surface area contributed by atoms with E-state index in [0.717, 1.165) is 0 Å². The summed E-state index contributed by atoms with van der Waals surface area (Å²) >= 11 is 0. The number of aliphatic hydroxyl groups excluding tert-OH is 1. The third kappa shape index (κ3) is 5.82. The van der Waals surface area contributed by atoms with Crippen LogP contribution in [0.1, 0.15) is 37.6 Å². The second-order valence-electron chi connectivity index (χ2n) is 6.62. The summed E-state index contributed by atoms with van der Waals surface area (Å²) in [5.74, 6) is -0.325. The molecule has 6 nitrogen and oxygen atoms in total. The molecule has 1 aliphatic rings. The van der Waals surface area contributed by atoms with Crippen molar-refractivity contribution in [1.29, 1.82) is 0 Å². The number of benzene rings is 1. The Hall–Kier alpha value is -1.63. The largest absolute Gasteiger partial charge is 0.392 e. The summed E-state index contributed by atoms with van der Waals surface area (Å²) in [6.07, 6.45) is -0.0584. The van der Waals surface area contributed by atoms with Crippen molar-refractivity contribution in [1.82, 2.24) is 10.6 Å². The first kappa shape index (κ1) is 19.4. The van der Waals surface area contributed by atoms with E-state index in [9.17, 15) is 14.7 Å². The van der Waals surface area contributed by atoms with Crippen LogP contribution < -0.4 is 16.0 Å². The number of β-amino-alcohol motifs (C(OH)–C–C–N with tert-alkyl or cyclic N) is 1. The topological polar surface area (TPSA) is 90.5 Å². The zero-order valence-electron chi connectivity index (χ0n) is 13.6. The molecule has 1 aromatic rings. The summed E-state index contributed by atoms with van der Waals surface area (Å²) in [7, 11) is 0. The number of halogens is 1. The van der Waals surface area contributed by atoms with Gasteiger partial charge < -0.3 is 21.1 Å². The van der Waals surface area contributed by atoms with Crippen LogP contribution in [-0.4, -0.2) is 41.2 Å². The zero-order chi connectivity index (χ0) is 16.3. The minimum atomic E-state index is -0.473. The fraction of sp³-hybridized carbons (Fsp3) is 0.500. The van der Waals surface area contributed by atoms with Gasteiger partial charge in [0.25, 0.3) is 5.91 Å². The number of nitrogens with one attached hydrogen (secondary N) is 3. The Morgan fingerprint density at radius 1 is 1.22 bits per heavy atom. The van der Waals surface area contributed by atoms with Crippen molar-refractivity contribution in [2.45, 2.75) is 44.9 Å². The smallest absolute Gasteiger partial charge is 0.251 e. The number of hydrogen-bond acceptors (Lipinski definition) is 4. The van der Waals surface area contributed by atoms with Crippen LogP contribution in [0.2, 0.25) is 0 Å². The fourth-order valence-electron chi connectivity index (χ4n) is 2.26. The highest BCUT2D eigenvalue weighted by Crippen LogP contribution is 2.13.